The number of aldehydes is 1. The van der Waals surface area contributed by atoms with Gasteiger partial charge in [0, 0.05) is 17.3 Å². The summed E-state index contributed by atoms with van der Waals surface area (Å²) < 4.78 is 53.5. The van der Waals surface area contributed by atoms with Gasteiger partial charge in [-0.15, -0.1) is 0 Å². The van der Waals surface area contributed by atoms with Crippen LogP contribution in [-0.4, -0.2) is 36.6 Å². The molecule has 2 aromatic carbocycles. The van der Waals surface area contributed by atoms with Gasteiger partial charge in [0.05, 0.1) is 15.2 Å². The highest BCUT2D eigenvalue weighted by molar-refractivity contribution is 7.92. The summed E-state index contributed by atoms with van der Waals surface area (Å²) in [6.45, 7) is 1.89. The first-order valence-corrected chi connectivity index (χ1v) is 12.4. The molecule has 0 heterocycles. The minimum Gasteiger partial charge on any atom is -0.382 e. The van der Waals surface area contributed by atoms with E-state index in [0.717, 1.165) is 18.2 Å². The fourth-order valence-electron chi connectivity index (χ4n) is 5.22. The molecule has 0 spiro atoms. The van der Waals surface area contributed by atoms with Gasteiger partial charge >= 0.3 is 0 Å². The monoisotopic (exact) mass is 497 g/mol. The van der Waals surface area contributed by atoms with Crippen LogP contribution in [0.25, 0.3) is 0 Å². The Morgan fingerprint density at radius 2 is 1.88 bits per heavy atom. The molecule has 4 rings (SSSR count). The standard InChI is InChI=1S/C23H22ClF2NO5S/c1-12-6-14-8-16(10-17(12)23(14,30)11-28)33(31,32)21-7-13(2-4-18(21)24)22(29)27-15-3-5-19(25)20(26)9-15/h2-5,7,9,11-12,14,16-17,30H,6,8,10H2,1H3,(H,27,29)/t12-,14?,16?,17?,23+/m0/s1. The molecule has 2 fully saturated rings. The zero-order valence-corrected chi connectivity index (χ0v) is 19.2. The van der Waals surface area contributed by atoms with Crippen LogP contribution in [0.2, 0.25) is 5.02 Å². The Balaban J connectivity index is 1.61. The van der Waals surface area contributed by atoms with E-state index in [9.17, 15) is 31.9 Å². The fourth-order valence-corrected chi connectivity index (χ4v) is 7.60. The van der Waals surface area contributed by atoms with Crippen LogP contribution in [0.15, 0.2) is 41.3 Å². The molecule has 2 aliphatic rings. The van der Waals surface area contributed by atoms with Crippen molar-refractivity contribution in [2.45, 2.75) is 41.9 Å². The van der Waals surface area contributed by atoms with Crippen molar-refractivity contribution in [3.63, 3.8) is 0 Å². The lowest BCUT2D eigenvalue weighted by atomic mass is 9.74. The van der Waals surface area contributed by atoms with E-state index in [2.05, 4.69) is 5.32 Å². The van der Waals surface area contributed by atoms with E-state index in [1.165, 1.54) is 18.2 Å². The smallest absolute Gasteiger partial charge is 0.255 e. The van der Waals surface area contributed by atoms with E-state index in [4.69, 9.17) is 11.6 Å². The van der Waals surface area contributed by atoms with Crippen LogP contribution in [0.4, 0.5) is 14.5 Å². The highest BCUT2D eigenvalue weighted by Gasteiger charge is 2.58. The normalized spacial score (nSPS) is 29.0. The van der Waals surface area contributed by atoms with Gasteiger partial charge in [-0.1, -0.05) is 18.5 Å². The molecule has 33 heavy (non-hydrogen) atoms. The lowest BCUT2D eigenvalue weighted by Crippen LogP contribution is -2.50. The van der Waals surface area contributed by atoms with Crippen molar-refractivity contribution in [2.75, 3.05) is 5.32 Å². The third-order valence-electron chi connectivity index (χ3n) is 6.96. The van der Waals surface area contributed by atoms with Gasteiger partial charge in [0.15, 0.2) is 27.8 Å². The molecule has 10 heteroatoms. The van der Waals surface area contributed by atoms with Gasteiger partial charge in [-0.3, -0.25) is 4.79 Å². The summed E-state index contributed by atoms with van der Waals surface area (Å²) in [5, 5.41) is 12.2. The van der Waals surface area contributed by atoms with E-state index in [-0.39, 0.29) is 39.9 Å². The number of nitrogens with one attached hydrogen (secondary N) is 1. The zero-order valence-electron chi connectivity index (χ0n) is 17.6. The number of rotatable bonds is 5. The summed E-state index contributed by atoms with van der Waals surface area (Å²) in [7, 11) is -3.99. The van der Waals surface area contributed by atoms with E-state index in [1.54, 1.807) is 0 Å². The van der Waals surface area contributed by atoms with Crippen LogP contribution in [-0.2, 0) is 14.6 Å². The first-order valence-electron chi connectivity index (χ1n) is 10.5. The van der Waals surface area contributed by atoms with Crippen molar-refractivity contribution in [1.82, 2.24) is 0 Å². The van der Waals surface area contributed by atoms with Gasteiger partial charge in [0.1, 0.15) is 5.60 Å². The first kappa shape index (κ1) is 23.8. The molecule has 3 unspecified atom stereocenters. The van der Waals surface area contributed by atoms with Crippen molar-refractivity contribution in [3.05, 3.63) is 58.6 Å². The molecule has 0 aromatic heterocycles. The second-order valence-electron chi connectivity index (χ2n) is 8.89. The molecule has 2 aliphatic carbocycles. The molecule has 0 radical (unpaired) electrons. The van der Waals surface area contributed by atoms with Crippen molar-refractivity contribution in [1.29, 1.82) is 0 Å². The maximum absolute atomic E-state index is 13.5. The summed E-state index contributed by atoms with van der Waals surface area (Å²) in [4.78, 5) is 24.0. The minimum atomic E-state index is -3.99. The predicted octanol–water partition coefficient (Wildman–Crippen LogP) is 4.01. The Bertz CT molecular complexity index is 1240. The molecular weight excluding hydrogens is 476 g/mol. The highest BCUT2D eigenvalue weighted by atomic mass is 35.5. The average molecular weight is 498 g/mol. The SMILES string of the molecule is C[C@H]1CC2CC(S(=O)(=O)c3cc(C(=O)Nc4ccc(F)c(F)c4)ccc3Cl)CC1[C@@]2(O)C=O. The van der Waals surface area contributed by atoms with Crippen LogP contribution in [0.1, 0.15) is 36.5 Å². The van der Waals surface area contributed by atoms with Gasteiger partial charge in [-0.2, -0.15) is 0 Å². The van der Waals surface area contributed by atoms with Gasteiger partial charge < -0.3 is 15.2 Å². The minimum absolute atomic E-state index is 0.00393. The number of benzene rings is 2. The molecule has 0 aliphatic heterocycles. The second-order valence-corrected chi connectivity index (χ2v) is 11.5. The van der Waals surface area contributed by atoms with E-state index >= 15 is 0 Å². The highest BCUT2D eigenvalue weighted by Crippen LogP contribution is 2.53. The number of aliphatic hydroxyl groups is 1. The number of halogens is 3. The number of hydrogen-bond acceptors (Lipinski definition) is 5. The molecule has 176 valence electrons. The van der Waals surface area contributed by atoms with Crippen LogP contribution in [0, 0.1) is 29.4 Å². The summed E-state index contributed by atoms with van der Waals surface area (Å²) in [6, 6.07) is 6.62. The Morgan fingerprint density at radius 3 is 2.52 bits per heavy atom. The van der Waals surface area contributed by atoms with Crippen molar-refractivity contribution < 1.29 is 31.9 Å². The topological polar surface area (TPSA) is 101 Å². The molecule has 2 saturated carbocycles. The van der Waals surface area contributed by atoms with Crippen LogP contribution in [0.5, 0.6) is 0 Å². The Kier molecular flexibility index (Phi) is 6.09. The molecule has 5 atom stereocenters. The lowest BCUT2D eigenvalue weighted by molar-refractivity contribution is -0.136. The van der Waals surface area contributed by atoms with Gasteiger partial charge in [0.2, 0.25) is 0 Å². The number of carbonyl (C=O) groups excluding carboxylic acids is 2. The van der Waals surface area contributed by atoms with E-state index < -0.39 is 50.1 Å². The molecule has 0 saturated heterocycles. The summed E-state index contributed by atoms with van der Waals surface area (Å²) in [5.41, 5.74) is -1.55. The molecule has 1 amide bonds. The van der Waals surface area contributed by atoms with Crippen molar-refractivity contribution in [2.24, 2.45) is 17.8 Å². The van der Waals surface area contributed by atoms with Crippen LogP contribution in [0.3, 0.4) is 0 Å². The summed E-state index contributed by atoms with van der Waals surface area (Å²) >= 11 is 6.20. The number of carbonyl (C=O) groups is 2. The summed E-state index contributed by atoms with van der Waals surface area (Å²) in [6.07, 6.45) is 1.30. The number of amides is 1. The molecule has 2 N–H and O–H groups in total. The van der Waals surface area contributed by atoms with Crippen molar-refractivity contribution in [3.8, 4) is 0 Å². The third kappa shape index (κ3) is 4.06. The molecule has 2 bridgehead atoms. The van der Waals surface area contributed by atoms with Gasteiger partial charge in [-0.25, -0.2) is 17.2 Å². The average Bonchev–Trinajstić information content (AvgIpc) is 2.89. The Labute approximate surface area is 194 Å². The van der Waals surface area contributed by atoms with Crippen LogP contribution < -0.4 is 5.32 Å². The maximum Gasteiger partial charge on any atom is 0.255 e. The van der Waals surface area contributed by atoms with Crippen molar-refractivity contribution >= 4 is 39.3 Å². The first-order chi connectivity index (χ1) is 15.5. The Hall–Kier alpha value is -2.36. The quantitative estimate of drug-likeness (QED) is 0.608. The molecular formula is C23H22ClF2NO5S. The fraction of sp³-hybridized carbons (Fsp3) is 0.391. The largest absolute Gasteiger partial charge is 0.382 e. The van der Waals surface area contributed by atoms with E-state index in [1.807, 2.05) is 6.92 Å². The number of hydrogen-bond donors (Lipinski definition) is 2. The number of fused-ring (bicyclic) bond motifs is 2. The lowest BCUT2D eigenvalue weighted by Gasteiger charge is -2.39. The molecule has 6 nitrogen and oxygen atoms in total. The third-order valence-corrected chi connectivity index (χ3v) is 9.62. The van der Waals surface area contributed by atoms with Crippen LogP contribution >= 0.6 is 11.6 Å². The summed E-state index contributed by atoms with van der Waals surface area (Å²) in [5.74, 6) is -3.88. The van der Waals surface area contributed by atoms with Gasteiger partial charge in [0.25, 0.3) is 5.91 Å². The zero-order chi connectivity index (χ0) is 24.1. The Morgan fingerprint density at radius 1 is 1.15 bits per heavy atom. The maximum atomic E-state index is 13.5. The predicted molar refractivity (Wildman–Crippen MR) is 118 cm³/mol. The molecule has 2 aromatic rings. The second kappa shape index (κ2) is 8.45. The van der Waals surface area contributed by atoms with Gasteiger partial charge in [-0.05, 0) is 67.3 Å². The number of anilines is 1. The number of sulfone groups is 1. The van der Waals surface area contributed by atoms with E-state index in [0.29, 0.717) is 12.7 Å².